The van der Waals surface area contributed by atoms with Crippen molar-refractivity contribution in [2.75, 3.05) is 39.9 Å². The lowest BCUT2D eigenvalue weighted by atomic mass is 10.5. The zero-order valence-corrected chi connectivity index (χ0v) is 11.9. The Morgan fingerprint density at radius 1 is 1.42 bits per heavy atom. The fraction of sp³-hybridized carbons (Fsp3) is 0.727. The van der Waals surface area contributed by atoms with Gasteiger partial charge in [0.05, 0.1) is 19.3 Å². The summed E-state index contributed by atoms with van der Waals surface area (Å²) in [6.45, 7) is 3.38. The molecule has 2 heterocycles. The third-order valence-electron chi connectivity index (χ3n) is 3.02. The van der Waals surface area contributed by atoms with Gasteiger partial charge in [0.2, 0.25) is 10.0 Å². The molecule has 1 N–H and O–H groups in total. The minimum Gasteiger partial charge on any atom is -0.380 e. The number of sulfonamides is 1. The standard InChI is InChI=1S/C11H20N4O3S/c1-12-3-5-14-10-11(9-13-14)19(16,17)15-4-2-7-18-8-6-15/h9-10,12H,2-8H2,1H3. The van der Waals surface area contributed by atoms with Gasteiger partial charge in [-0.1, -0.05) is 0 Å². The van der Waals surface area contributed by atoms with Gasteiger partial charge in [0.15, 0.2) is 0 Å². The van der Waals surface area contributed by atoms with Crippen molar-refractivity contribution in [3.05, 3.63) is 12.4 Å². The molecule has 1 aliphatic heterocycles. The number of rotatable bonds is 5. The van der Waals surface area contributed by atoms with Gasteiger partial charge in [-0.3, -0.25) is 4.68 Å². The first-order chi connectivity index (χ1) is 9.14. The fourth-order valence-corrected chi connectivity index (χ4v) is 3.36. The highest BCUT2D eigenvalue weighted by Gasteiger charge is 2.26. The van der Waals surface area contributed by atoms with E-state index in [1.165, 1.54) is 10.5 Å². The summed E-state index contributed by atoms with van der Waals surface area (Å²) in [7, 11) is -1.59. The molecule has 1 aromatic heterocycles. The van der Waals surface area contributed by atoms with E-state index in [1.54, 1.807) is 10.9 Å². The highest BCUT2D eigenvalue weighted by Crippen LogP contribution is 2.16. The second kappa shape index (κ2) is 6.47. The molecule has 0 atom stereocenters. The SMILES string of the molecule is CNCCn1cc(S(=O)(=O)N2CCCOCC2)cn1. The number of hydrogen-bond acceptors (Lipinski definition) is 5. The van der Waals surface area contributed by atoms with E-state index in [2.05, 4.69) is 10.4 Å². The van der Waals surface area contributed by atoms with E-state index in [-0.39, 0.29) is 4.90 Å². The molecule has 0 aliphatic carbocycles. The average Bonchev–Trinajstić information content (AvgIpc) is 2.70. The van der Waals surface area contributed by atoms with Gasteiger partial charge in [-0.15, -0.1) is 0 Å². The molecule has 0 saturated carbocycles. The number of ether oxygens (including phenoxy) is 1. The maximum Gasteiger partial charge on any atom is 0.246 e. The van der Waals surface area contributed by atoms with Crippen molar-refractivity contribution >= 4 is 10.0 Å². The third-order valence-corrected chi connectivity index (χ3v) is 4.87. The molecule has 0 aromatic carbocycles. The van der Waals surface area contributed by atoms with Gasteiger partial charge in [0.1, 0.15) is 4.90 Å². The summed E-state index contributed by atoms with van der Waals surface area (Å²) >= 11 is 0. The van der Waals surface area contributed by atoms with Crippen LogP contribution in [0.15, 0.2) is 17.3 Å². The molecule has 1 fully saturated rings. The van der Waals surface area contributed by atoms with Crippen LogP contribution >= 0.6 is 0 Å². The van der Waals surface area contributed by atoms with Gasteiger partial charge in [-0.25, -0.2) is 8.42 Å². The van der Waals surface area contributed by atoms with Gasteiger partial charge in [0, 0.05) is 32.4 Å². The highest BCUT2D eigenvalue weighted by molar-refractivity contribution is 7.89. The maximum atomic E-state index is 12.4. The molecule has 0 spiro atoms. The van der Waals surface area contributed by atoms with E-state index < -0.39 is 10.0 Å². The molecule has 0 bridgehead atoms. The second-order valence-corrected chi connectivity index (χ2v) is 6.35. The summed E-state index contributed by atoms with van der Waals surface area (Å²) in [5.41, 5.74) is 0. The molecule has 108 valence electrons. The number of aromatic nitrogens is 2. The number of nitrogens with zero attached hydrogens (tertiary/aromatic N) is 3. The van der Waals surface area contributed by atoms with Crippen molar-refractivity contribution < 1.29 is 13.2 Å². The Balaban J connectivity index is 2.11. The smallest absolute Gasteiger partial charge is 0.246 e. The van der Waals surface area contributed by atoms with Crippen LogP contribution in [0.25, 0.3) is 0 Å². The quantitative estimate of drug-likeness (QED) is 0.791. The summed E-state index contributed by atoms with van der Waals surface area (Å²) in [4.78, 5) is 0.255. The lowest BCUT2D eigenvalue weighted by Crippen LogP contribution is -2.33. The van der Waals surface area contributed by atoms with E-state index in [1.807, 2.05) is 7.05 Å². The first kappa shape index (κ1) is 14.4. The average molecular weight is 288 g/mol. The van der Waals surface area contributed by atoms with Crippen molar-refractivity contribution in [3.8, 4) is 0 Å². The van der Waals surface area contributed by atoms with Gasteiger partial charge in [0.25, 0.3) is 0 Å². The molecule has 0 amide bonds. The molecular weight excluding hydrogens is 268 g/mol. The van der Waals surface area contributed by atoms with Crippen molar-refractivity contribution in [1.29, 1.82) is 0 Å². The van der Waals surface area contributed by atoms with Crippen LogP contribution in [-0.2, 0) is 21.3 Å². The molecule has 0 unspecified atom stereocenters. The Bertz CT molecular complexity index is 492. The molecule has 0 radical (unpaired) electrons. The summed E-state index contributed by atoms with van der Waals surface area (Å²) < 4.78 is 33.2. The van der Waals surface area contributed by atoms with Crippen molar-refractivity contribution in [2.24, 2.45) is 0 Å². The van der Waals surface area contributed by atoms with Gasteiger partial charge in [-0.05, 0) is 13.5 Å². The predicted molar refractivity (Wildman–Crippen MR) is 70.3 cm³/mol. The Hall–Kier alpha value is -0.960. The van der Waals surface area contributed by atoms with E-state index in [0.29, 0.717) is 32.8 Å². The highest BCUT2D eigenvalue weighted by atomic mass is 32.2. The molecular formula is C11H20N4O3S. The fourth-order valence-electron chi connectivity index (χ4n) is 1.94. The summed E-state index contributed by atoms with van der Waals surface area (Å²) in [5, 5.41) is 7.08. The van der Waals surface area contributed by atoms with Crippen molar-refractivity contribution in [2.45, 2.75) is 17.9 Å². The van der Waals surface area contributed by atoms with Crippen LogP contribution in [0.4, 0.5) is 0 Å². The minimum absolute atomic E-state index is 0.255. The van der Waals surface area contributed by atoms with Gasteiger partial charge in [-0.2, -0.15) is 9.40 Å². The molecule has 2 rings (SSSR count). The Kier molecular flexibility index (Phi) is 4.92. The molecule has 1 aromatic rings. The van der Waals surface area contributed by atoms with Crippen LogP contribution < -0.4 is 5.32 Å². The van der Waals surface area contributed by atoms with Crippen LogP contribution in [0, 0.1) is 0 Å². The van der Waals surface area contributed by atoms with E-state index in [9.17, 15) is 8.42 Å². The van der Waals surface area contributed by atoms with Crippen LogP contribution in [0.3, 0.4) is 0 Å². The summed E-state index contributed by atoms with van der Waals surface area (Å²) in [6, 6.07) is 0. The Labute approximate surface area is 113 Å². The summed E-state index contributed by atoms with van der Waals surface area (Å²) in [6.07, 6.45) is 3.72. The predicted octanol–water partition coefficient (Wildman–Crippen LogP) is -0.486. The minimum atomic E-state index is -3.44. The molecule has 19 heavy (non-hydrogen) atoms. The number of likely N-dealkylation sites (N-methyl/N-ethyl adjacent to an activating group) is 1. The van der Waals surface area contributed by atoms with E-state index >= 15 is 0 Å². The molecule has 8 heteroatoms. The monoisotopic (exact) mass is 288 g/mol. The van der Waals surface area contributed by atoms with E-state index in [0.717, 1.165) is 13.0 Å². The first-order valence-corrected chi connectivity index (χ1v) is 7.83. The first-order valence-electron chi connectivity index (χ1n) is 6.39. The van der Waals surface area contributed by atoms with Crippen molar-refractivity contribution in [1.82, 2.24) is 19.4 Å². The lowest BCUT2D eigenvalue weighted by Gasteiger charge is -2.17. The van der Waals surface area contributed by atoms with E-state index in [4.69, 9.17) is 4.74 Å². The zero-order valence-electron chi connectivity index (χ0n) is 11.1. The maximum absolute atomic E-state index is 12.4. The van der Waals surface area contributed by atoms with Crippen molar-refractivity contribution in [3.63, 3.8) is 0 Å². The van der Waals surface area contributed by atoms with Crippen LogP contribution in [0.2, 0.25) is 0 Å². The number of nitrogens with one attached hydrogen (secondary N) is 1. The third kappa shape index (κ3) is 3.53. The van der Waals surface area contributed by atoms with Gasteiger partial charge >= 0.3 is 0 Å². The Morgan fingerprint density at radius 2 is 2.26 bits per heavy atom. The second-order valence-electron chi connectivity index (χ2n) is 4.41. The molecule has 7 nitrogen and oxygen atoms in total. The molecule has 1 saturated heterocycles. The summed E-state index contributed by atoms with van der Waals surface area (Å²) in [5.74, 6) is 0. The Morgan fingerprint density at radius 3 is 3.05 bits per heavy atom. The van der Waals surface area contributed by atoms with Crippen LogP contribution in [0.1, 0.15) is 6.42 Å². The topological polar surface area (TPSA) is 76.5 Å². The normalized spacial score (nSPS) is 18.4. The number of hydrogen-bond donors (Lipinski definition) is 1. The van der Waals surface area contributed by atoms with Crippen LogP contribution in [-0.4, -0.2) is 62.4 Å². The molecule has 1 aliphatic rings. The largest absolute Gasteiger partial charge is 0.380 e. The van der Waals surface area contributed by atoms with Gasteiger partial charge < -0.3 is 10.1 Å². The van der Waals surface area contributed by atoms with Crippen LogP contribution in [0.5, 0.6) is 0 Å². The lowest BCUT2D eigenvalue weighted by molar-refractivity contribution is 0.148. The zero-order chi connectivity index (χ0) is 13.7.